The number of nitrogens with zero attached hydrogens (tertiary/aromatic N) is 1. The van der Waals surface area contributed by atoms with E-state index in [0.717, 1.165) is 5.56 Å². The zero-order valence-corrected chi connectivity index (χ0v) is 10.8. The standard InChI is InChI=1S/C15H11ClFNO/c16-5-1-2-13-8-14(17)10-15(9-13)19-11-12-3-6-18-7-4-12/h3-4,6-10H,5,11H2. The Kier molecular flexibility index (Phi) is 4.77. The maximum Gasteiger partial charge on any atom is 0.128 e. The Bertz CT molecular complexity index is 605. The summed E-state index contributed by atoms with van der Waals surface area (Å²) in [5, 5.41) is 0. The van der Waals surface area contributed by atoms with Gasteiger partial charge in [-0.2, -0.15) is 0 Å². The fourth-order valence-electron chi connectivity index (χ4n) is 1.50. The summed E-state index contributed by atoms with van der Waals surface area (Å²) in [5.74, 6) is 5.71. The summed E-state index contributed by atoms with van der Waals surface area (Å²) in [4.78, 5) is 3.92. The van der Waals surface area contributed by atoms with Crippen LogP contribution in [-0.2, 0) is 6.61 Å². The number of benzene rings is 1. The van der Waals surface area contributed by atoms with Crippen molar-refractivity contribution >= 4 is 11.6 Å². The summed E-state index contributed by atoms with van der Waals surface area (Å²) in [6.45, 7) is 0.356. The Balaban J connectivity index is 2.10. The molecule has 4 heteroatoms. The van der Waals surface area contributed by atoms with E-state index in [9.17, 15) is 4.39 Å². The van der Waals surface area contributed by atoms with E-state index >= 15 is 0 Å². The molecule has 1 aromatic carbocycles. The van der Waals surface area contributed by atoms with Crippen LogP contribution in [0.15, 0.2) is 42.7 Å². The van der Waals surface area contributed by atoms with Crippen LogP contribution in [-0.4, -0.2) is 10.9 Å². The third-order valence-electron chi connectivity index (χ3n) is 2.33. The maximum absolute atomic E-state index is 13.4. The molecule has 2 rings (SSSR count). The van der Waals surface area contributed by atoms with Crippen LogP contribution >= 0.6 is 11.6 Å². The van der Waals surface area contributed by atoms with E-state index in [2.05, 4.69) is 16.8 Å². The first kappa shape index (κ1) is 13.4. The van der Waals surface area contributed by atoms with Crippen molar-refractivity contribution in [2.75, 3.05) is 5.88 Å². The number of aromatic nitrogens is 1. The van der Waals surface area contributed by atoms with E-state index in [1.54, 1.807) is 18.5 Å². The molecule has 0 radical (unpaired) electrons. The smallest absolute Gasteiger partial charge is 0.128 e. The molecule has 0 aliphatic rings. The quantitative estimate of drug-likeness (QED) is 0.633. The molecule has 2 aromatic rings. The Labute approximate surface area is 116 Å². The maximum atomic E-state index is 13.4. The third-order valence-corrected chi connectivity index (χ3v) is 2.46. The van der Waals surface area contributed by atoms with Crippen molar-refractivity contribution in [2.45, 2.75) is 6.61 Å². The first-order valence-electron chi connectivity index (χ1n) is 5.65. The summed E-state index contributed by atoms with van der Waals surface area (Å²) < 4.78 is 18.9. The number of rotatable bonds is 3. The topological polar surface area (TPSA) is 22.1 Å². The van der Waals surface area contributed by atoms with Crippen molar-refractivity contribution in [3.63, 3.8) is 0 Å². The molecule has 0 saturated carbocycles. The first-order chi connectivity index (χ1) is 9.28. The van der Waals surface area contributed by atoms with E-state index in [4.69, 9.17) is 16.3 Å². The minimum absolute atomic E-state index is 0.212. The Morgan fingerprint density at radius 3 is 2.74 bits per heavy atom. The second-order valence-electron chi connectivity index (χ2n) is 3.76. The highest BCUT2D eigenvalue weighted by Crippen LogP contribution is 2.17. The number of alkyl halides is 1. The van der Waals surface area contributed by atoms with Crippen LogP contribution in [0.25, 0.3) is 0 Å². The van der Waals surface area contributed by atoms with Crippen molar-refractivity contribution in [3.05, 3.63) is 59.7 Å². The summed E-state index contributed by atoms with van der Waals surface area (Å²) in [7, 11) is 0. The van der Waals surface area contributed by atoms with Crippen molar-refractivity contribution in [3.8, 4) is 17.6 Å². The fourth-order valence-corrected chi connectivity index (χ4v) is 1.57. The number of ether oxygens (including phenoxy) is 1. The van der Waals surface area contributed by atoms with Crippen LogP contribution in [0.4, 0.5) is 4.39 Å². The largest absolute Gasteiger partial charge is 0.489 e. The second kappa shape index (κ2) is 6.77. The van der Waals surface area contributed by atoms with E-state index in [0.29, 0.717) is 17.9 Å². The molecule has 0 saturated heterocycles. The van der Waals surface area contributed by atoms with Crippen LogP contribution in [0.3, 0.4) is 0 Å². The number of pyridine rings is 1. The Morgan fingerprint density at radius 1 is 1.21 bits per heavy atom. The molecule has 0 aliphatic heterocycles. The van der Waals surface area contributed by atoms with Gasteiger partial charge in [0.05, 0.1) is 5.88 Å². The third kappa shape index (κ3) is 4.27. The molecule has 1 heterocycles. The molecule has 1 aromatic heterocycles. The lowest BCUT2D eigenvalue weighted by Gasteiger charge is -2.06. The lowest BCUT2D eigenvalue weighted by molar-refractivity contribution is 0.304. The SMILES string of the molecule is Fc1cc(C#CCCl)cc(OCc2ccncc2)c1. The molecule has 0 bridgehead atoms. The second-order valence-corrected chi connectivity index (χ2v) is 4.02. The molecule has 0 unspecified atom stereocenters. The zero-order valence-electron chi connectivity index (χ0n) is 10.1. The van der Waals surface area contributed by atoms with Gasteiger partial charge in [0.1, 0.15) is 18.2 Å². The molecule has 0 spiro atoms. The van der Waals surface area contributed by atoms with Crippen LogP contribution in [0.5, 0.6) is 5.75 Å². The van der Waals surface area contributed by atoms with E-state index in [-0.39, 0.29) is 11.7 Å². The van der Waals surface area contributed by atoms with Gasteiger partial charge in [-0.15, -0.1) is 11.6 Å². The van der Waals surface area contributed by atoms with Crippen molar-refractivity contribution in [2.24, 2.45) is 0 Å². The highest BCUT2D eigenvalue weighted by atomic mass is 35.5. The van der Waals surface area contributed by atoms with Gasteiger partial charge in [0.25, 0.3) is 0 Å². The summed E-state index contributed by atoms with van der Waals surface area (Å²) in [6, 6.07) is 8.04. The Morgan fingerprint density at radius 2 is 2.00 bits per heavy atom. The van der Waals surface area contributed by atoms with Gasteiger partial charge in [-0.25, -0.2) is 4.39 Å². The normalized spacial score (nSPS) is 9.58. The molecule has 0 aliphatic carbocycles. The molecule has 0 N–H and O–H groups in total. The lowest BCUT2D eigenvalue weighted by atomic mass is 10.2. The summed E-state index contributed by atoms with van der Waals surface area (Å²) in [5.41, 5.74) is 1.51. The number of hydrogen-bond donors (Lipinski definition) is 0. The van der Waals surface area contributed by atoms with Gasteiger partial charge in [-0.05, 0) is 29.8 Å². The fraction of sp³-hybridized carbons (Fsp3) is 0.133. The van der Waals surface area contributed by atoms with Gasteiger partial charge in [0.2, 0.25) is 0 Å². The summed E-state index contributed by atoms with van der Waals surface area (Å²) >= 11 is 5.47. The van der Waals surface area contributed by atoms with Gasteiger partial charge in [-0.1, -0.05) is 11.8 Å². The van der Waals surface area contributed by atoms with Crippen LogP contribution in [0.1, 0.15) is 11.1 Å². The summed E-state index contributed by atoms with van der Waals surface area (Å²) in [6.07, 6.45) is 3.36. The monoisotopic (exact) mass is 275 g/mol. The molecular weight excluding hydrogens is 265 g/mol. The highest BCUT2D eigenvalue weighted by molar-refractivity contribution is 6.19. The van der Waals surface area contributed by atoms with Gasteiger partial charge >= 0.3 is 0 Å². The van der Waals surface area contributed by atoms with E-state index < -0.39 is 0 Å². The molecular formula is C15H11ClFNO. The number of halogens is 2. The van der Waals surface area contributed by atoms with Gasteiger partial charge in [0, 0.05) is 24.0 Å². The minimum Gasteiger partial charge on any atom is -0.489 e. The van der Waals surface area contributed by atoms with Gasteiger partial charge in [0.15, 0.2) is 0 Å². The minimum atomic E-state index is -0.383. The molecule has 19 heavy (non-hydrogen) atoms. The Hall–Kier alpha value is -2.05. The first-order valence-corrected chi connectivity index (χ1v) is 6.18. The van der Waals surface area contributed by atoms with Crippen LogP contribution in [0, 0.1) is 17.7 Å². The van der Waals surface area contributed by atoms with Crippen molar-refractivity contribution in [1.82, 2.24) is 4.98 Å². The van der Waals surface area contributed by atoms with Gasteiger partial charge < -0.3 is 4.74 Å². The van der Waals surface area contributed by atoms with Crippen molar-refractivity contribution < 1.29 is 9.13 Å². The van der Waals surface area contributed by atoms with E-state index in [1.165, 1.54) is 12.1 Å². The predicted molar refractivity (Wildman–Crippen MR) is 72.6 cm³/mol. The average Bonchev–Trinajstić information content (AvgIpc) is 2.43. The molecule has 2 nitrogen and oxygen atoms in total. The molecule has 0 atom stereocenters. The molecule has 0 fully saturated rings. The number of hydrogen-bond acceptors (Lipinski definition) is 2. The molecule has 0 amide bonds. The molecule has 96 valence electrons. The van der Waals surface area contributed by atoms with E-state index in [1.807, 2.05) is 12.1 Å². The average molecular weight is 276 g/mol. The zero-order chi connectivity index (χ0) is 13.5. The predicted octanol–water partition coefficient (Wildman–Crippen LogP) is 3.39. The van der Waals surface area contributed by atoms with Crippen LogP contribution in [0.2, 0.25) is 0 Å². The van der Waals surface area contributed by atoms with Crippen LogP contribution < -0.4 is 4.74 Å². The van der Waals surface area contributed by atoms with Gasteiger partial charge in [-0.3, -0.25) is 4.98 Å². The highest BCUT2D eigenvalue weighted by Gasteiger charge is 2.01. The van der Waals surface area contributed by atoms with Crippen molar-refractivity contribution in [1.29, 1.82) is 0 Å². The lowest BCUT2D eigenvalue weighted by Crippen LogP contribution is -1.96.